The highest BCUT2D eigenvalue weighted by Gasteiger charge is 2.39. The van der Waals surface area contributed by atoms with E-state index in [-0.39, 0.29) is 0 Å². The molecule has 0 bridgehead atoms. The fourth-order valence-corrected chi connectivity index (χ4v) is 2.82. The standard InChI is InChI=1S/C20H18F3N3O/c1-13(14-8-10-16(11-9-14)15-6-4-3-5-7-15)24-19(27)17-12-26(2)25-18(17)20(21,22)23/h3-13H,1-2H3,(H,24,27). The van der Waals surface area contributed by atoms with Crippen molar-refractivity contribution in [2.24, 2.45) is 7.05 Å². The number of rotatable bonds is 4. The summed E-state index contributed by atoms with van der Waals surface area (Å²) in [6.07, 6.45) is -3.61. The van der Waals surface area contributed by atoms with Gasteiger partial charge in [0.2, 0.25) is 0 Å². The molecule has 0 radical (unpaired) electrons. The van der Waals surface area contributed by atoms with Crippen LogP contribution in [0.1, 0.15) is 34.6 Å². The molecule has 4 nitrogen and oxygen atoms in total. The number of aromatic nitrogens is 2. The van der Waals surface area contributed by atoms with Gasteiger partial charge in [-0.05, 0) is 23.6 Å². The molecule has 0 fully saturated rings. The van der Waals surface area contributed by atoms with Crippen LogP contribution < -0.4 is 5.32 Å². The summed E-state index contributed by atoms with van der Waals surface area (Å²) in [6.45, 7) is 1.72. The molecule has 0 aliphatic heterocycles. The predicted molar refractivity (Wildman–Crippen MR) is 96.0 cm³/mol. The number of aryl methyl sites for hydroxylation is 1. The molecule has 3 rings (SSSR count). The van der Waals surface area contributed by atoms with E-state index >= 15 is 0 Å². The third-order valence-electron chi connectivity index (χ3n) is 4.21. The Kier molecular flexibility index (Phi) is 5.03. The van der Waals surface area contributed by atoms with Crippen molar-refractivity contribution >= 4 is 5.91 Å². The van der Waals surface area contributed by atoms with Crippen LogP contribution in [0.15, 0.2) is 60.8 Å². The molecule has 7 heteroatoms. The Bertz CT molecular complexity index is 931. The van der Waals surface area contributed by atoms with Gasteiger partial charge < -0.3 is 5.32 Å². The van der Waals surface area contributed by atoms with E-state index in [1.807, 2.05) is 54.6 Å². The van der Waals surface area contributed by atoms with E-state index in [9.17, 15) is 18.0 Å². The molecule has 1 atom stereocenters. The molecule has 1 heterocycles. The second kappa shape index (κ2) is 7.26. The lowest BCUT2D eigenvalue weighted by Gasteiger charge is -2.15. The van der Waals surface area contributed by atoms with Gasteiger partial charge in [-0.15, -0.1) is 0 Å². The number of carbonyl (C=O) groups excluding carboxylic acids is 1. The van der Waals surface area contributed by atoms with E-state index in [4.69, 9.17) is 0 Å². The summed E-state index contributed by atoms with van der Waals surface area (Å²) in [6, 6.07) is 16.9. The van der Waals surface area contributed by atoms with Crippen molar-refractivity contribution in [1.82, 2.24) is 15.1 Å². The molecule has 1 amide bonds. The van der Waals surface area contributed by atoms with Gasteiger partial charge in [-0.25, -0.2) is 0 Å². The van der Waals surface area contributed by atoms with E-state index in [2.05, 4.69) is 10.4 Å². The third kappa shape index (κ3) is 4.19. The van der Waals surface area contributed by atoms with Gasteiger partial charge in [0, 0.05) is 13.2 Å². The monoisotopic (exact) mass is 373 g/mol. The fraction of sp³-hybridized carbons (Fsp3) is 0.200. The number of hydrogen-bond donors (Lipinski definition) is 1. The number of amides is 1. The smallest absolute Gasteiger partial charge is 0.345 e. The van der Waals surface area contributed by atoms with Gasteiger partial charge >= 0.3 is 6.18 Å². The molecule has 0 saturated carbocycles. The molecular formula is C20H18F3N3O. The zero-order valence-electron chi connectivity index (χ0n) is 14.8. The predicted octanol–water partition coefficient (Wildman–Crippen LogP) is 4.60. The zero-order chi connectivity index (χ0) is 19.6. The van der Waals surface area contributed by atoms with Gasteiger partial charge in [0.1, 0.15) is 0 Å². The van der Waals surface area contributed by atoms with Crippen LogP contribution in [0.3, 0.4) is 0 Å². The average Bonchev–Trinajstić information content (AvgIpc) is 3.05. The number of hydrogen-bond acceptors (Lipinski definition) is 2. The van der Waals surface area contributed by atoms with Crippen LogP contribution in [0.4, 0.5) is 13.2 Å². The van der Waals surface area contributed by atoms with Crippen LogP contribution in [-0.4, -0.2) is 15.7 Å². The lowest BCUT2D eigenvalue weighted by molar-refractivity contribution is -0.141. The first-order chi connectivity index (χ1) is 12.8. The number of halogens is 3. The summed E-state index contributed by atoms with van der Waals surface area (Å²) >= 11 is 0. The van der Waals surface area contributed by atoms with E-state index in [0.717, 1.165) is 27.6 Å². The van der Waals surface area contributed by atoms with Crippen molar-refractivity contribution in [2.45, 2.75) is 19.1 Å². The van der Waals surface area contributed by atoms with Gasteiger partial charge in [-0.1, -0.05) is 54.6 Å². The molecule has 140 valence electrons. The molecule has 1 aromatic heterocycles. The summed E-state index contributed by atoms with van der Waals surface area (Å²) in [4.78, 5) is 12.3. The van der Waals surface area contributed by atoms with Crippen LogP contribution in [0, 0.1) is 0 Å². The summed E-state index contributed by atoms with van der Waals surface area (Å²) in [5.41, 5.74) is 1.20. The van der Waals surface area contributed by atoms with Gasteiger partial charge in [0.05, 0.1) is 11.6 Å². The Balaban J connectivity index is 1.76. The third-order valence-corrected chi connectivity index (χ3v) is 4.21. The molecule has 0 spiro atoms. The molecule has 0 saturated heterocycles. The van der Waals surface area contributed by atoms with Crippen molar-refractivity contribution in [3.05, 3.63) is 77.6 Å². The van der Waals surface area contributed by atoms with E-state index in [0.29, 0.717) is 0 Å². The molecule has 2 aromatic carbocycles. The lowest BCUT2D eigenvalue weighted by atomic mass is 10.0. The summed E-state index contributed by atoms with van der Waals surface area (Å²) in [5, 5.41) is 5.96. The van der Waals surface area contributed by atoms with E-state index < -0.39 is 29.4 Å². The first kappa shape index (κ1) is 18.7. The number of nitrogens with zero attached hydrogens (tertiary/aromatic N) is 2. The maximum atomic E-state index is 13.0. The molecule has 1 N–H and O–H groups in total. The van der Waals surface area contributed by atoms with Crippen molar-refractivity contribution in [3.8, 4) is 11.1 Å². The number of alkyl halides is 3. The first-order valence-corrected chi connectivity index (χ1v) is 8.33. The van der Waals surface area contributed by atoms with Crippen LogP contribution in [-0.2, 0) is 13.2 Å². The highest BCUT2D eigenvalue weighted by atomic mass is 19.4. The summed E-state index contributed by atoms with van der Waals surface area (Å²) in [7, 11) is 1.34. The normalized spacial score (nSPS) is 12.6. The Morgan fingerprint density at radius 3 is 2.22 bits per heavy atom. The summed E-state index contributed by atoms with van der Waals surface area (Å²) < 4.78 is 40.1. The Morgan fingerprint density at radius 1 is 1.04 bits per heavy atom. The molecule has 27 heavy (non-hydrogen) atoms. The highest BCUT2D eigenvalue weighted by molar-refractivity contribution is 5.95. The first-order valence-electron chi connectivity index (χ1n) is 8.33. The van der Waals surface area contributed by atoms with Gasteiger partial charge in [-0.3, -0.25) is 9.48 Å². The minimum Gasteiger partial charge on any atom is -0.345 e. The van der Waals surface area contributed by atoms with Crippen LogP contribution in [0.25, 0.3) is 11.1 Å². The van der Waals surface area contributed by atoms with Gasteiger partial charge in [-0.2, -0.15) is 18.3 Å². The van der Waals surface area contributed by atoms with Crippen molar-refractivity contribution in [2.75, 3.05) is 0 Å². The molecule has 0 aliphatic rings. The minimum absolute atomic E-state index is 0.455. The number of benzene rings is 2. The molecule has 1 unspecified atom stereocenters. The van der Waals surface area contributed by atoms with Crippen LogP contribution >= 0.6 is 0 Å². The van der Waals surface area contributed by atoms with E-state index in [1.54, 1.807) is 6.92 Å². The fourth-order valence-electron chi connectivity index (χ4n) is 2.82. The van der Waals surface area contributed by atoms with Crippen LogP contribution in [0.5, 0.6) is 0 Å². The number of carbonyl (C=O) groups is 1. The molecular weight excluding hydrogens is 355 g/mol. The van der Waals surface area contributed by atoms with Gasteiger partial charge in [0.15, 0.2) is 5.69 Å². The topological polar surface area (TPSA) is 46.9 Å². The van der Waals surface area contributed by atoms with Gasteiger partial charge in [0.25, 0.3) is 5.91 Å². The maximum Gasteiger partial charge on any atom is 0.435 e. The van der Waals surface area contributed by atoms with Crippen molar-refractivity contribution < 1.29 is 18.0 Å². The zero-order valence-corrected chi connectivity index (χ0v) is 14.8. The molecule has 0 aliphatic carbocycles. The molecule has 3 aromatic rings. The van der Waals surface area contributed by atoms with E-state index in [1.165, 1.54) is 7.05 Å². The quantitative estimate of drug-likeness (QED) is 0.727. The SMILES string of the molecule is CC(NC(=O)c1cn(C)nc1C(F)(F)F)c1ccc(-c2ccccc2)cc1. The van der Waals surface area contributed by atoms with Crippen molar-refractivity contribution in [3.63, 3.8) is 0 Å². The Morgan fingerprint density at radius 2 is 1.63 bits per heavy atom. The average molecular weight is 373 g/mol. The minimum atomic E-state index is -4.69. The second-order valence-electron chi connectivity index (χ2n) is 6.25. The number of nitrogens with one attached hydrogen (secondary N) is 1. The Labute approximate surface area is 154 Å². The second-order valence-corrected chi connectivity index (χ2v) is 6.25. The maximum absolute atomic E-state index is 13.0. The summed E-state index contributed by atoms with van der Waals surface area (Å²) in [5.74, 6) is -0.810. The van der Waals surface area contributed by atoms with Crippen molar-refractivity contribution in [1.29, 1.82) is 0 Å². The lowest BCUT2D eigenvalue weighted by Crippen LogP contribution is -2.28. The highest BCUT2D eigenvalue weighted by Crippen LogP contribution is 2.31. The Hall–Kier alpha value is -3.09. The largest absolute Gasteiger partial charge is 0.435 e. The van der Waals surface area contributed by atoms with Crippen LogP contribution in [0.2, 0.25) is 0 Å².